The Morgan fingerprint density at radius 3 is 2.72 bits per heavy atom. The molecule has 0 bridgehead atoms. The first kappa shape index (κ1) is 18.4. The summed E-state index contributed by atoms with van der Waals surface area (Å²) >= 11 is 5.78. The molecule has 2 fully saturated rings. The Morgan fingerprint density at radius 1 is 1.07 bits per heavy atom. The number of nitrogens with one attached hydrogen (secondary N) is 1. The van der Waals surface area contributed by atoms with E-state index in [-0.39, 0.29) is 12.1 Å². The molecule has 1 aliphatic carbocycles. The number of hydrogen-bond donors (Lipinski definition) is 1. The van der Waals surface area contributed by atoms with Crippen LogP contribution in [0.1, 0.15) is 67.4 Å². The molecule has 0 aromatic carbocycles. The molecule has 29 heavy (non-hydrogen) atoms. The van der Waals surface area contributed by atoms with Gasteiger partial charge in [-0.1, -0.05) is 25.3 Å². The van der Waals surface area contributed by atoms with Gasteiger partial charge >= 0.3 is 0 Å². The molecule has 3 aromatic heterocycles. The van der Waals surface area contributed by atoms with Gasteiger partial charge in [0.05, 0.1) is 30.6 Å². The first-order valence-corrected chi connectivity index (χ1v) is 10.9. The molecule has 1 aliphatic heterocycles. The smallest absolute Gasteiger partial charge is 0.170 e. The van der Waals surface area contributed by atoms with Gasteiger partial charge in [0.25, 0.3) is 0 Å². The van der Waals surface area contributed by atoms with Gasteiger partial charge in [-0.05, 0) is 61.5 Å². The van der Waals surface area contributed by atoms with Crippen molar-refractivity contribution in [1.82, 2.24) is 19.8 Å². The predicted molar refractivity (Wildman–Crippen MR) is 116 cm³/mol. The first-order valence-electron chi connectivity index (χ1n) is 10.5. The number of aromatic nitrogens is 2. The van der Waals surface area contributed by atoms with Gasteiger partial charge in [-0.15, -0.1) is 0 Å². The van der Waals surface area contributed by atoms with Crippen molar-refractivity contribution in [3.8, 4) is 0 Å². The lowest BCUT2D eigenvalue weighted by molar-refractivity contribution is 0.261. The third-order valence-corrected chi connectivity index (χ3v) is 6.54. The third kappa shape index (κ3) is 3.57. The summed E-state index contributed by atoms with van der Waals surface area (Å²) in [4.78, 5) is 6.90. The number of rotatable bonds is 5. The van der Waals surface area contributed by atoms with Crippen LogP contribution in [-0.2, 0) is 6.54 Å². The lowest BCUT2D eigenvalue weighted by atomic mass is 9.94. The Labute approximate surface area is 176 Å². The SMILES string of the molecule is S=C1N[C@H](c2ccccn2)[C@@H](c2cccn2C2CCCCC2)N1Cc1ccco1. The molecule has 0 radical (unpaired) electrons. The summed E-state index contributed by atoms with van der Waals surface area (Å²) in [7, 11) is 0. The maximum absolute atomic E-state index is 5.78. The monoisotopic (exact) mass is 406 g/mol. The summed E-state index contributed by atoms with van der Waals surface area (Å²) in [6.45, 7) is 0.642. The van der Waals surface area contributed by atoms with E-state index in [1.807, 2.05) is 30.5 Å². The number of nitrogens with zero attached hydrogens (tertiary/aromatic N) is 3. The molecule has 2 aliphatic rings. The van der Waals surface area contributed by atoms with E-state index in [4.69, 9.17) is 16.6 Å². The van der Waals surface area contributed by atoms with Gasteiger partial charge in [-0.2, -0.15) is 0 Å². The molecule has 6 heteroatoms. The molecule has 3 aromatic rings. The maximum Gasteiger partial charge on any atom is 0.170 e. The van der Waals surface area contributed by atoms with Crippen LogP contribution in [0, 0.1) is 0 Å². The van der Waals surface area contributed by atoms with E-state index >= 15 is 0 Å². The molecular formula is C23H26N4OS. The molecule has 0 unspecified atom stereocenters. The fourth-order valence-corrected chi connectivity index (χ4v) is 5.12. The first-order chi connectivity index (χ1) is 14.3. The average Bonchev–Trinajstić information content (AvgIpc) is 3.51. The topological polar surface area (TPSA) is 46.2 Å². The van der Waals surface area contributed by atoms with Crippen molar-refractivity contribution in [2.45, 2.75) is 56.8 Å². The van der Waals surface area contributed by atoms with Gasteiger partial charge in [-0.25, -0.2) is 0 Å². The molecule has 150 valence electrons. The van der Waals surface area contributed by atoms with Crippen LogP contribution < -0.4 is 5.32 Å². The van der Waals surface area contributed by atoms with Crippen molar-refractivity contribution in [3.05, 3.63) is 78.3 Å². The van der Waals surface area contributed by atoms with Crippen LogP contribution in [0.15, 0.2) is 65.5 Å². The van der Waals surface area contributed by atoms with Gasteiger partial charge in [0, 0.05) is 24.1 Å². The molecule has 1 saturated heterocycles. The lowest BCUT2D eigenvalue weighted by Crippen LogP contribution is -2.30. The van der Waals surface area contributed by atoms with Gasteiger partial charge < -0.3 is 19.2 Å². The van der Waals surface area contributed by atoms with Crippen molar-refractivity contribution >= 4 is 17.3 Å². The van der Waals surface area contributed by atoms with E-state index in [2.05, 4.69) is 44.2 Å². The lowest BCUT2D eigenvalue weighted by Gasteiger charge is -2.32. The highest BCUT2D eigenvalue weighted by atomic mass is 32.1. The largest absolute Gasteiger partial charge is 0.467 e. The van der Waals surface area contributed by atoms with Gasteiger partial charge in [0.15, 0.2) is 5.11 Å². The van der Waals surface area contributed by atoms with Crippen molar-refractivity contribution in [2.75, 3.05) is 0 Å². The zero-order chi connectivity index (χ0) is 19.6. The molecule has 0 spiro atoms. The Morgan fingerprint density at radius 2 is 1.97 bits per heavy atom. The Hall–Kier alpha value is -2.60. The van der Waals surface area contributed by atoms with Crippen LogP contribution >= 0.6 is 12.2 Å². The van der Waals surface area contributed by atoms with Gasteiger partial charge in [-0.3, -0.25) is 4.98 Å². The summed E-state index contributed by atoms with van der Waals surface area (Å²) in [5.74, 6) is 0.914. The molecule has 4 heterocycles. The molecule has 0 amide bonds. The Balaban J connectivity index is 1.55. The molecular weight excluding hydrogens is 380 g/mol. The molecule has 2 atom stereocenters. The van der Waals surface area contributed by atoms with Crippen LogP contribution in [0.4, 0.5) is 0 Å². The maximum atomic E-state index is 5.78. The number of thiocarbonyl (C=S) groups is 1. The minimum Gasteiger partial charge on any atom is -0.467 e. The van der Waals surface area contributed by atoms with Gasteiger partial charge in [0.1, 0.15) is 5.76 Å². The minimum atomic E-state index is 0.0101. The fraction of sp³-hybridized carbons (Fsp3) is 0.391. The zero-order valence-corrected chi connectivity index (χ0v) is 17.2. The van der Waals surface area contributed by atoms with E-state index in [9.17, 15) is 0 Å². The normalized spacial score (nSPS) is 22.8. The van der Waals surface area contributed by atoms with Crippen LogP contribution in [0.25, 0.3) is 0 Å². The van der Waals surface area contributed by atoms with Gasteiger partial charge in [0.2, 0.25) is 0 Å². The molecule has 5 nitrogen and oxygen atoms in total. The summed E-state index contributed by atoms with van der Waals surface area (Å²) in [5.41, 5.74) is 2.31. The predicted octanol–water partition coefficient (Wildman–Crippen LogP) is 5.15. The molecule has 5 rings (SSSR count). The van der Waals surface area contributed by atoms with E-state index in [0.717, 1.165) is 16.6 Å². The standard InChI is InChI=1S/C23H26N4OS/c29-23-25-21(19-11-4-5-13-24-19)22(27(23)16-18-10-7-15-28-18)20-12-6-14-26(20)17-8-2-1-3-9-17/h4-7,10-15,17,21-22H,1-3,8-9,16H2,(H,25,29)/t21-,22-/m1/s1. The minimum absolute atomic E-state index is 0.0101. The second-order valence-electron chi connectivity index (χ2n) is 7.97. The van der Waals surface area contributed by atoms with E-state index < -0.39 is 0 Å². The Kier molecular flexibility index (Phi) is 5.10. The number of pyridine rings is 1. The molecule has 1 N–H and O–H groups in total. The highest BCUT2D eigenvalue weighted by Crippen LogP contribution is 2.41. The van der Waals surface area contributed by atoms with Crippen molar-refractivity contribution < 1.29 is 4.42 Å². The van der Waals surface area contributed by atoms with Crippen LogP contribution in [0.5, 0.6) is 0 Å². The second kappa shape index (κ2) is 8.03. The Bertz CT molecular complexity index is 946. The highest BCUT2D eigenvalue weighted by Gasteiger charge is 2.42. The summed E-state index contributed by atoms with van der Waals surface area (Å²) < 4.78 is 8.14. The molecule has 1 saturated carbocycles. The van der Waals surface area contributed by atoms with Crippen molar-refractivity contribution in [3.63, 3.8) is 0 Å². The fourth-order valence-electron chi connectivity index (χ4n) is 4.82. The number of hydrogen-bond acceptors (Lipinski definition) is 3. The third-order valence-electron chi connectivity index (χ3n) is 6.19. The van der Waals surface area contributed by atoms with Crippen LogP contribution in [0.3, 0.4) is 0 Å². The number of furan rings is 1. The summed E-state index contributed by atoms with van der Waals surface area (Å²) in [5, 5.41) is 4.29. The van der Waals surface area contributed by atoms with Crippen molar-refractivity contribution in [1.29, 1.82) is 0 Å². The quantitative estimate of drug-likeness (QED) is 0.594. The average molecular weight is 407 g/mol. The van der Waals surface area contributed by atoms with Crippen molar-refractivity contribution in [2.24, 2.45) is 0 Å². The highest BCUT2D eigenvalue weighted by molar-refractivity contribution is 7.80. The van der Waals surface area contributed by atoms with E-state index in [1.165, 1.54) is 37.8 Å². The van der Waals surface area contributed by atoms with E-state index in [0.29, 0.717) is 12.6 Å². The van der Waals surface area contributed by atoms with Crippen LogP contribution in [-0.4, -0.2) is 19.6 Å². The summed E-state index contributed by atoms with van der Waals surface area (Å²) in [6, 6.07) is 15.1. The van der Waals surface area contributed by atoms with E-state index in [1.54, 1.807) is 6.26 Å². The van der Waals surface area contributed by atoms with Crippen LogP contribution in [0.2, 0.25) is 0 Å². The summed E-state index contributed by atoms with van der Waals surface area (Å²) in [6.07, 6.45) is 12.3. The second-order valence-corrected chi connectivity index (χ2v) is 8.35. The zero-order valence-electron chi connectivity index (χ0n) is 16.4.